The smallest absolute Gasteiger partial charge is 0.274 e. The predicted molar refractivity (Wildman–Crippen MR) is 98.1 cm³/mol. The van der Waals surface area contributed by atoms with Crippen molar-refractivity contribution in [2.75, 3.05) is 13.1 Å². The van der Waals surface area contributed by atoms with Crippen LogP contribution in [0.15, 0.2) is 22.9 Å². The lowest BCUT2D eigenvalue weighted by atomic mass is 10.0. The minimum absolute atomic E-state index is 0.0230. The van der Waals surface area contributed by atoms with Crippen LogP contribution < -0.4 is 5.32 Å². The Labute approximate surface area is 151 Å². The topological polar surface area (TPSA) is 67.2 Å². The summed E-state index contributed by atoms with van der Waals surface area (Å²) in [5, 5.41) is 11.2. The second-order valence-electron chi connectivity index (χ2n) is 6.76. The fourth-order valence-electron chi connectivity index (χ4n) is 3.17. The number of carbonyl (C=O) groups excluding carboxylic acids is 2. The first-order valence-electron chi connectivity index (χ1n) is 8.64. The predicted octanol–water partition coefficient (Wildman–Crippen LogP) is 2.87. The molecule has 7 heteroatoms. The third-order valence-electron chi connectivity index (χ3n) is 4.53. The molecule has 0 aromatic carbocycles. The molecule has 3 heterocycles. The fourth-order valence-corrected chi connectivity index (χ4v) is 3.80. The molecule has 1 aliphatic rings. The van der Waals surface area contributed by atoms with Crippen LogP contribution in [0, 0.1) is 6.92 Å². The summed E-state index contributed by atoms with van der Waals surface area (Å²) < 4.78 is 1.88. The summed E-state index contributed by atoms with van der Waals surface area (Å²) in [5.74, 6) is -0.0533. The van der Waals surface area contributed by atoms with E-state index in [1.807, 2.05) is 39.4 Å². The number of nitrogens with one attached hydrogen (secondary N) is 1. The van der Waals surface area contributed by atoms with Gasteiger partial charge in [0.25, 0.3) is 11.8 Å². The molecular formula is C18H24N4O2S. The molecule has 3 rings (SSSR count). The van der Waals surface area contributed by atoms with E-state index in [-0.39, 0.29) is 23.9 Å². The number of piperidine rings is 1. The van der Waals surface area contributed by atoms with Crippen LogP contribution in [0.4, 0.5) is 0 Å². The molecular weight excluding hydrogens is 336 g/mol. The average molecular weight is 360 g/mol. The number of likely N-dealkylation sites (tertiary alicyclic amines) is 1. The second-order valence-corrected chi connectivity index (χ2v) is 7.54. The quantitative estimate of drug-likeness (QED) is 0.912. The Morgan fingerprint density at radius 2 is 2.04 bits per heavy atom. The summed E-state index contributed by atoms with van der Waals surface area (Å²) in [4.78, 5) is 26.6. The number of amides is 2. The van der Waals surface area contributed by atoms with Gasteiger partial charge in [-0.25, -0.2) is 0 Å². The van der Waals surface area contributed by atoms with Crippen molar-refractivity contribution >= 4 is 23.2 Å². The van der Waals surface area contributed by atoms with Crippen LogP contribution in [0.5, 0.6) is 0 Å². The Kier molecular flexibility index (Phi) is 5.22. The minimum atomic E-state index is -0.0303. The summed E-state index contributed by atoms with van der Waals surface area (Å²) >= 11 is 1.51. The molecule has 6 nitrogen and oxygen atoms in total. The first kappa shape index (κ1) is 17.7. The summed E-state index contributed by atoms with van der Waals surface area (Å²) in [6.45, 7) is 7.35. The van der Waals surface area contributed by atoms with Gasteiger partial charge < -0.3 is 10.2 Å². The Morgan fingerprint density at radius 1 is 1.32 bits per heavy atom. The van der Waals surface area contributed by atoms with Gasteiger partial charge in [0.2, 0.25) is 0 Å². The van der Waals surface area contributed by atoms with Crippen LogP contribution in [-0.4, -0.2) is 45.6 Å². The van der Waals surface area contributed by atoms with Crippen molar-refractivity contribution in [3.05, 3.63) is 39.8 Å². The van der Waals surface area contributed by atoms with Gasteiger partial charge in [0.1, 0.15) is 0 Å². The average Bonchev–Trinajstić information content (AvgIpc) is 3.24. The molecule has 25 heavy (non-hydrogen) atoms. The number of thiophene rings is 1. The van der Waals surface area contributed by atoms with E-state index in [0.29, 0.717) is 24.3 Å². The van der Waals surface area contributed by atoms with Gasteiger partial charge in [0.05, 0.1) is 0 Å². The van der Waals surface area contributed by atoms with Crippen molar-refractivity contribution in [2.45, 2.75) is 45.7 Å². The first-order valence-corrected chi connectivity index (χ1v) is 9.58. The Hall–Kier alpha value is -2.15. The highest BCUT2D eigenvalue weighted by Crippen LogP contribution is 2.17. The lowest BCUT2D eigenvalue weighted by molar-refractivity contribution is 0.0691. The van der Waals surface area contributed by atoms with Crippen molar-refractivity contribution in [3.63, 3.8) is 0 Å². The zero-order valence-corrected chi connectivity index (χ0v) is 15.7. The third kappa shape index (κ3) is 3.92. The van der Waals surface area contributed by atoms with Gasteiger partial charge >= 0.3 is 0 Å². The summed E-state index contributed by atoms with van der Waals surface area (Å²) in [6, 6.07) is 4.03. The SMILES string of the molecule is Cc1cc(C(=O)N2CCC(NC(=O)c3ccsc3)CC2)nn1C(C)C. The Bertz CT molecular complexity index is 743. The standard InChI is InChI=1S/C18H24N4O2S/c1-12(2)22-13(3)10-16(20-22)18(24)21-7-4-15(5-8-21)19-17(23)14-6-9-25-11-14/h6,9-12,15H,4-5,7-8H2,1-3H3,(H,19,23). The molecule has 0 radical (unpaired) electrons. The van der Waals surface area contributed by atoms with Crippen molar-refractivity contribution in [1.29, 1.82) is 0 Å². The molecule has 1 saturated heterocycles. The minimum Gasteiger partial charge on any atom is -0.349 e. The second kappa shape index (κ2) is 7.39. The molecule has 0 unspecified atom stereocenters. The van der Waals surface area contributed by atoms with Crippen LogP contribution in [0.25, 0.3) is 0 Å². The monoisotopic (exact) mass is 360 g/mol. The molecule has 2 aromatic heterocycles. The number of aryl methyl sites for hydroxylation is 1. The molecule has 1 aliphatic heterocycles. The summed E-state index contributed by atoms with van der Waals surface area (Å²) in [7, 11) is 0. The zero-order chi connectivity index (χ0) is 18.0. The van der Waals surface area contributed by atoms with E-state index in [9.17, 15) is 9.59 Å². The van der Waals surface area contributed by atoms with E-state index in [1.54, 1.807) is 0 Å². The van der Waals surface area contributed by atoms with E-state index >= 15 is 0 Å². The lowest BCUT2D eigenvalue weighted by Crippen LogP contribution is -2.46. The largest absolute Gasteiger partial charge is 0.349 e. The fraction of sp³-hybridized carbons (Fsp3) is 0.500. The molecule has 1 fully saturated rings. The number of nitrogens with zero attached hydrogens (tertiary/aromatic N) is 3. The van der Waals surface area contributed by atoms with Crippen molar-refractivity contribution in [1.82, 2.24) is 20.0 Å². The van der Waals surface area contributed by atoms with Crippen LogP contribution in [0.3, 0.4) is 0 Å². The molecule has 0 atom stereocenters. The van der Waals surface area contributed by atoms with E-state index in [1.165, 1.54) is 11.3 Å². The third-order valence-corrected chi connectivity index (χ3v) is 5.21. The van der Waals surface area contributed by atoms with Gasteiger partial charge in [-0.3, -0.25) is 14.3 Å². The maximum absolute atomic E-state index is 12.7. The zero-order valence-electron chi connectivity index (χ0n) is 14.9. The number of rotatable bonds is 4. The molecule has 0 spiro atoms. The Balaban J connectivity index is 1.56. The Morgan fingerprint density at radius 3 is 2.60 bits per heavy atom. The molecule has 0 bridgehead atoms. The van der Waals surface area contributed by atoms with Crippen molar-refractivity contribution < 1.29 is 9.59 Å². The highest BCUT2D eigenvalue weighted by Gasteiger charge is 2.26. The van der Waals surface area contributed by atoms with Gasteiger partial charge in [-0.2, -0.15) is 16.4 Å². The molecule has 2 amide bonds. The van der Waals surface area contributed by atoms with Crippen LogP contribution in [0.1, 0.15) is 59.3 Å². The molecule has 2 aromatic rings. The highest BCUT2D eigenvalue weighted by atomic mass is 32.1. The molecule has 0 saturated carbocycles. The summed E-state index contributed by atoms with van der Waals surface area (Å²) in [6.07, 6.45) is 1.54. The van der Waals surface area contributed by atoms with Gasteiger partial charge in [0.15, 0.2) is 5.69 Å². The summed E-state index contributed by atoms with van der Waals surface area (Å²) in [5.41, 5.74) is 2.21. The normalized spacial score (nSPS) is 15.6. The van der Waals surface area contributed by atoms with Crippen molar-refractivity contribution in [2.24, 2.45) is 0 Å². The number of hydrogen-bond acceptors (Lipinski definition) is 4. The van der Waals surface area contributed by atoms with E-state index in [2.05, 4.69) is 24.3 Å². The van der Waals surface area contributed by atoms with Crippen LogP contribution in [-0.2, 0) is 0 Å². The van der Waals surface area contributed by atoms with Gasteiger partial charge in [0, 0.05) is 41.8 Å². The maximum atomic E-state index is 12.7. The maximum Gasteiger partial charge on any atom is 0.274 e. The number of hydrogen-bond donors (Lipinski definition) is 1. The number of aromatic nitrogens is 2. The van der Waals surface area contributed by atoms with Gasteiger partial charge in [-0.1, -0.05) is 0 Å². The lowest BCUT2D eigenvalue weighted by Gasteiger charge is -2.32. The molecule has 134 valence electrons. The van der Waals surface area contributed by atoms with E-state index in [4.69, 9.17) is 0 Å². The first-order chi connectivity index (χ1) is 12.0. The van der Waals surface area contributed by atoms with Crippen molar-refractivity contribution in [3.8, 4) is 0 Å². The van der Waals surface area contributed by atoms with Crippen LogP contribution in [0.2, 0.25) is 0 Å². The van der Waals surface area contributed by atoms with Gasteiger partial charge in [-0.15, -0.1) is 0 Å². The highest BCUT2D eigenvalue weighted by molar-refractivity contribution is 7.08. The van der Waals surface area contributed by atoms with Crippen LogP contribution >= 0.6 is 11.3 Å². The number of carbonyl (C=O) groups is 2. The molecule has 1 N–H and O–H groups in total. The van der Waals surface area contributed by atoms with Gasteiger partial charge in [-0.05, 0) is 51.1 Å². The van der Waals surface area contributed by atoms with E-state index < -0.39 is 0 Å². The van der Waals surface area contributed by atoms with E-state index in [0.717, 1.165) is 18.5 Å². The molecule has 0 aliphatic carbocycles.